The van der Waals surface area contributed by atoms with Crippen molar-refractivity contribution in [3.63, 3.8) is 0 Å². The number of halogens is 1. The lowest BCUT2D eigenvalue weighted by molar-refractivity contribution is -0.126. The smallest absolute Gasteiger partial charge is 0.243 e. The van der Waals surface area contributed by atoms with E-state index in [9.17, 15) is 18.0 Å². The first-order chi connectivity index (χ1) is 15.5. The quantitative estimate of drug-likeness (QED) is 0.698. The molecule has 9 heteroatoms. The Bertz CT molecular complexity index is 1200. The third-order valence-corrected chi connectivity index (χ3v) is 8.98. The minimum Gasteiger partial charge on any atom is -0.352 e. The molecule has 176 valence electrons. The van der Waals surface area contributed by atoms with Crippen LogP contribution in [0.25, 0.3) is 0 Å². The summed E-state index contributed by atoms with van der Waals surface area (Å²) in [6.07, 6.45) is 0.899. The highest BCUT2D eigenvalue weighted by molar-refractivity contribution is 7.89. The number of likely N-dealkylation sites (N-methyl/N-ethyl adjacent to an activating group) is 1. The maximum atomic E-state index is 13.3. The van der Waals surface area contributed by atoms with Crippen molar-refractivity contribution in [2.45, 2.75) is 43.5 Å². The van der Waals surface area contributed by atoms with Gasteiger partial charge in [-0.3, -0.25) is 9.59 Å². The van der Waals surface area contributed by atoms with Crippen molar-refractivity contribution in [2.24, 2.45) is 5.92 Å². The lowest BCUT2D eigenvalue weighted by atomic mass is 9.86. The summed E-state index contributed by atoms with van der Waals surface area (Å²) in [5, 5.41) is 3.51. The van der Waals surface area contributed by atoms with Crippen molar-refractivity contribution in [1.29, 1.82) is 0 Å². The third kappa shape index (κ3) is 4.27. The Hall–Kier alpha value is -2.42. The molecule has 4 rings (SSSR count). The zero-order chi connectivity index (χ0) is 24.0. The molecule has 1 saturated heterocycles. The number of rotatable bonds is 5. The molecule has 0 saturated carbocycles. The fourth-order valence-corrected chi connectivity index (χ4v) is 6.29. The van der Waals surface area contributed by atoms with E-state index in [0.29, 0.717) is 30.0 Å². The van der Waals surface area contributed by atoms with Crippen LogP contribution in [0.4, 0.5) is 5.69 Å². The highest BCUT2D eigenvalue weighted by atomic mass is 35.5. The summed E-state index contributed by atoms with van der Waals surface area (Å²) in [6.45, 7) is 4.49. The van der Waals surface area contributed by atoms with E-state index in [1.807, 2.05) is 18.2 Å². The van der Waals surface area contributed by atoms with Crippen LogP contribution in [0.3, 0.4) is 0 Å². The molecule has 0 atom stereocenters. The number of anilines is 1. The summed E-state index contributed by atoms with van der Waals surface area (Å²) >= 11 is 6.14. The maximum Gasteiger partial charge on any atom is 0.243 e. The molecular weight excluding hydrogens is 462 g/mol. The summed E-state index contributed by atoms with van der Waals surface area (Å²) in [6, 6.07) is 12.2. The Labute approximate surface area is 199 Å². The van der Waals surface area contributed by atoms with Crippen molar-refractivity contribution >= 4 is 39.1 Å². The molecule has 0 unspecified atom stereocenters. The topological polar surface area (TPSA) is 86.8 Å². The van der Waals surface area contributed by atoms with Gasteiger partial charge in [-0.15, -0.1) is 0 Å². The van der Waals surface area contributed by atoms with Crippen LogP contribution in [0.15, 0.2) is 47.4 Å². The van der Waals surface area contributed by atoms with Gasteiger partial charge in [-0.2, -0.15) is 4.31 Å². The van der Waals surface area contributed by atoms with Crippen LogP contribution < -0.4 is 10.2 Å². The molecule has 7 nitrogen and oxygen atoms in total. The van der Waals surface area contributed by atoms with Crippen molar-refractivity contribution in [3.8, 4) is 0 Å². The van der Waals surface area contributed by atoms with E-state index >= 15 is 0 Å². The number of benzene rings is 2. The third-order valence-electron chi connectivity index (χ3n) is 6.72. The lowest BCUT2D eigenvalue weighted by Gasteiger charge is -2.30. The number of piperidine rings is 1. The van der Waals surface area contributed by atoms with Gasteiger partial charge in [-0.05, 0) is 62.1 Å². The van der Waals surface area contributed by atoms with Crippen LogP contribution in [0, 0.1) is 5.92 Å². The predicted octanol–water partition coefficient (Wildman–Crippen LogP) is 3.31. The number of nitrogens with one attached hydrogen (secondary N) is 1. The predicted molar refractivity (Wildman–Crippen MR) is 128 cm³/mol. The standard InChI is InChI=1S/C24H28ClN3O4S/c1-24(2)19-14-18(8-9-21(19)27(3)23(24)30)33(31,32)28-12-10-16(11-13-28)22(29)26-15-17-6-4-5-7-20(17)25/h4-9,14,16H,10-13,15H2,1-3H3,(H,26,29). The summed E-state index contributed by atoms with van der Waals surface area (Å²) in [5.74, 6) is -0.396. The molecule has 2 aromatic carbocycles. The van der Waals surface area contributed by atoms with Gasteiger partial charge in [0.25, 0.3) is 0 Å². The summed E-state index contributed by atoms with van der Waals surface area (Å²) < 4.78 is 28.0. The number of fused-ring (bicyclic) bond motifs is 1. The highest BCUT2D eigenvalue weighted by Gasteiger charge is 2.43. The van der Waals surface area contributed by atoms with E-state index < -0.39 is 15.4 Å². The van der Waals surface area contributed by atoms with E-state index in [1.54, 1.807) is 50.1 Å². The fourth-order valence-electron chi connectivity index (χ4n) is 4.59. The van der Waals surface area contributed by atoms with E-state index in [4.69, 9.17) is 11.6 Å². The van der Waals surface area contributed by atoms with Crippen LogP contribution in [0.2, 0.25) is 5.02 Å². The Morgan fingerprint density at radius 1 is 1.15 bits per heavy atom. The summed E-state index contributed by atoms with van der Waals surface area (Å²) in [5.41, 5.74) is 1.52. The Morgan fingerprint density at radius 3 is 2.48 bits per heavy atom. The van der Waals surface area contributed by atoms with Crippen molar-refractivity contribution in [2.75, 3.05) is 25.0 Å². The first-order valence-electron chi connectivity index (χ1n) is 11.0. The minimum atomic E-state index is -3.72. The first-order valence-corrected chi connectivity index (χ1v) is 12.8. The van der Waals surface area contributed by atoms with E-state index in [1.165, 1.54) is 4.31 Å². The Kier molecular flexibility index (Phi) is 6.28. The van der Waals surface area contributed by atoms with Crippen LogP contribution in [0.5, 0.6) is 0 Å². The molecule has 0 spiro atoms. The van der Waals surface area contributed by atoms with Crippen molar-refractivity contribution in [1.82, 2.24) is 9.62 Å². The molecule has 1 N–H and O–H groups in total. The van der Waals surface area contributed by atoms with Gasteiger partial charge in [0.15, 0.2) is 0 Å². The molecule has 1 fully saturated rings. The second kappa shape index (κ2) is 8.74. The molecule has 2 heterocycles. The van der Waals surface area contributed by atoms with Gasteiger partial charge in [-0.1, -0.05) is 29.8 Å². The average molecular weight is 490 g/mol. The van der Waals surface area contributed by atoms with Gasteiger partial charge in [0, 0.05) is 43.3 Å². The van der Waals surface area contributed by atoms with Crippen molar-refractivity contribution in [3.05, 3.63) is 58.6 Å². The molecule has 0 aliphatic carbocycles. The van der Waals surface area contributed by atoms with Crippen LogP contribution in [0.1, 0.15) is 37.8 Å². The van der Waals surface area contributed by atoms with Gasteiger partial charge < -0.3 is 10.2 Å². The van der Waals surface area contributed by atoms with Gasteiger partial charge in [-0.25, -0.2) is 8.42 Å². The largest absolute Gasteiger partial charge is 0.352 e. The van der Waals surface area contributed by atoms with Crippen LogP contribution in [-0.4, -0.2) is 44.7 Å². The number of amides is 2. The lowest BCUT2D eigenvalue weighted by Crippen LogP contribution is -2.42. The number of carbonyl (C=O) groups excluding carboxylic acids is 2. The van der Waals surface area contributed by atoms with Gasteiger partial charge >= 0.3 is 0 Å². The Balaban J connectivity index is 1.42. The van der Waals surface area contributed by atoms with Gasteiger partial charge in [0.05, 0.1) is 10.3 Å². The molecule has 0 bridgehead atoms. The molecular formula is C24H28ClN3O4S. The summed E-state index contributed by atoms with van der Waals surface area (Å²) in [7, 11) is -2.02. The molecule has 2 aliphatic rings. The fraction of sp³-hybridized carbons (Fsp3) is 0.417. The maximum absolute atomic E-state index is 13.3. The zero-order valence-corrected chi connectivity index (χ0v) is 20.5. The second-order valence-corrected chi connectivity index (χ2v) is 11.5. The van der Waals surface area contributed by atoms with Crippen LogP contribution in [-0.2, 0) is 31.6 Å². The summed E-state index contributed by atoms with van der Waals surface area (Å²) in [4.78, 5) is 26.9. The number of hydrogen-bond acceptors (Lipinski definition) is 4. The second-order valence-electron chi connectivity index (χ2n) is 9.16. The number of carbonyl (C=O) groups is 2. The molecule has 0 radical (unpaired) electrons. The molecule has 0 aromatic heterocycles. The van der Waals surface area contributed by atoms with Gasteiger partial charge in [0.2, 0.25) is 21.8 Å². The molecule has 2 amide bonds. The molecule has 2 aliphatic heterocycles. The van der Waals surface area contributed by atoms with Crippen LogP contribution >= 0.6 is 11.6 Å². The number of sulfonamides is 1. The van der Waals surface area contributed by atoms with E-state index in [2.05, 4.69) is 5.32 Å². The first kappa shape index (κ1) is 23.7. The van der Waals surface area contributed by atoms with Crippen molar-refractivity contribution < 1.29 is 18.0 Å². The zero-order valence-electron chi connectivity index (χ0n) is 19.0. The monoisotopic (exact) mass is 489 g/mol. The SMILES string of the molecule is CN1C(=O)C(C)(C)c2cc(S(=O)(=O)N3CCC(C(=O)NCc4ccccc4Cl)CC3)ccc21. The molecule has 2 aromatic rings. The molecule has 33 heavy (non-hydrogen) atoms. The number of hydrogen-bond donors (Lipinski definition) is 1. The minimum absolute atomic E-state index is 0.0596. The van der Waals surface area contributed by atoms with Gasteiger partial charge in [0.1, 0.15) is 0 Å². The normalized spacial score (nSPS) is 18.9. The van der Waals surface area contributed by atoms with E-state index in [0.717, 1.165) is 11.3 Å². The number of nitrogens with zero attached hydrogens (tertiary/aromatic N) is 2. The Morgan fingerprint density at radius 2 is 1.82 bits per heavy atom. The highest BCUT2D eigenvalue weighted by Crippen LogP contribution is 2.42. The average Bonchev–Trinajstić information content (AvgIpc) is 2.98. The van der Waals surface area contributed by atoms with E-state index in [-0.39, 0.29) is 35.7 Å².